The minimum atomic E-state index is -3.51. The number of benzene rings is 1. The summed E-state index contributed by atoms with van der Waals surface area (Å²) in [5, 5.41) is 0. The lowest BCUT2D eigenvalue weighted by molar-refractivity contribution is 0.335. The van der Waals surface area contributed by atoms with Gasteiger partial charge in [-0.15, -0.1) is 0 Å². The van der Waals surface area contributed by atoms with Gasteiger partial charge in [0.05, 0.1) is 4.90 Å². The fraction of sp³-hybridized carbons (Fsp3) is 0.600. The van der Waals surface area contributed by atoms with Gasteiger partial charge in [-0.3, -0.25) is 0 Å². The molecule has 0 saturated heterocycles. The van der Waals surface area contributed by atoms with Crippen LogP contribution in [0.4, 0.5) is 5.69 Å². The van der Waals surface area contributed by atoms with Crippen LogP contribution in [0.25, 0.3) is 0 Å². The minimum Gasteiger partial charge on any atom is -0.398 e. The second-order valence-electron chi connectivity index (χ2n) is 5.78. The van der Waals surface area contributed by atoms with Crippen molar-refractivity contribution < 1.29 is 8.42 Å². The summed E-state index contributed by atoms with van der Waals surface area (Å²) in [7, 11) is -1.81. The topological polar surface area (TPSA) is 63.4 Å². The Morgan fingerprint density at radius 2 is 1.76 bits per heavy atom. The monoisotopic (exact) mass is 374 g/mol. The van der Waals surface area contributed by atoms with Crippen molar-refractivity contribution in [2.24, 2.45) is 0 Å². The quantitative estimate of drug-likeness (QED) is 0.648. The molecule has 1 saturated carbocycles. The number of nitrogens with two attached hydrogens (primary N) is 1. The Bertz CT molecular complexity index is 608. The third-order valence-corrected chi connectivity index (χ3v) is 6.86. The van der Waals surface area contributed by atoms with E-state index in [1.54, 1.807) is 30.4 Å². The van der Waals surface area contributed by atoms with E-state index in [-0.39, 0.29) is 6.04 Å². The van der Waals surface area contributed by atoms with E-state index in [1.807, 2.05) is 0 Å². The molecular formula is C15H23BrN2O2S. The van der Waals surface area contributed by atoms with Gasteiger partial charge >= 0.3 is 0 Å². The van der Waals surface area contributed by atoms with Crippen LogP contribution in [-0.4, -0.2) is 25.8 Å². The standard InChI is InChI=1S/C15H23BrN2O2S/c1-11-14(17)9-12(16)10-15(11)21(19,20)18(2)13-7-5-3-4-6-8-13/h9-10,13H,3-8,17H2,1-2H3. The number of nitrogens with zero attached hydrogens (tertiary/aromatic N) is 1. The molecule has 0 unspecified atom stereocenters. The first-order valence-corrected chi connectivity index (χ1v) is 9.61. The highest BCUT2D eigenvalue weighted by atomic mass is 79.9. The van der Waals surface area contributed by atoms with Crippen LogP contribution < -0.4 is 5.73 Å². The molecule has 0 radical (unpaired) electrons. The Morgan fingerprint density at radius 1 is 1.19 bits per heavy atom. The molecule has 0 aliphatic heterocycles. The lowest BCUT2D eigenvalue weighted by Gasteiger charge is -2.27. The van der Waals surface area contributed by atoms with Gasteiger partial charge in [-0.2, -0.15) is 4.31 Å². The van der Waals surface area contributed by atoms with E-state index in [9.17, 15) is 8.42 Å². The van der Waals surface area contributed by atoms with Gasteiger partial charge < -0.3 is 5.73 Å². The van der Waals surface area contributed by atoms with E-state index in [1.165, 1.54) is 12.8 Å². The van der Waals surface area contributed by atoms with Crippen LogP contribution >= 0.6 is 15.9 Å². The van der Waals surface area contributed by atoms with Gasteiger partial charge in [0.2, 0.25) is 10.0 Å². The number of rotatable bonds is 3. The number of halogens is 1. The van der Waals surface area contributed by atoms with E-state index < -0.39 is 10.0 Å². The van der Waals surface area contributed by atoms with Crippen molar-refractivity contribution in [2.45, 2.75) is 56.4 Å². The van der Waals surface area contributed by atoms with Gasteiger partial charge in [-0.1, -0.05) is 41.6 Å². The fourth-order valence-corrected chi connectivity index (χ4v) is 5.24. The van der Waals surface area contributed by atoms with Crippen LogP contribution in [0.15, 0.2) is 21.5 Å². The predicted molar refractivity (Wildman–Crippen MR) is 89.7 cm³/mol. The van der Waals surface area contributed by atoms with Crippen molar-refractivity contribution in [3.8, 4) is 0 Å². The van der Waals surface area contributed by atoms with Gasteiger partial charge in [-0.25, -0.2) is 8.42 Å². The summed E-state index contributed by atoms with van der Waals surface area (Å²) in [5.74, 6) is 0. The molecule has 0 heterocycles. The summed E-state index contributed by atoms with van der Waals surface area (Å²) >= 11 is 3.33. The highest BCUT2D eigenvalue weighted by Gasteiger charge is 2.30. The maximum absolute atomic E-state index is 12.9. The van der Waals surface area contributed by atoms with Crippen LogP contribution in [0.2, 0.25) is 0 Å². The molecule has 21 heavy (non-hydrogen) atoms. The Labute approximate surface area is 135 Å². The van der Waals surface area contributed by atoms with Crippen molar-refractivity contribution in [1.82, 2.24) is 4.31 Å². The summed E-state index contributed by atoms with van der Waals surface area (Å²) in [6.45, 7) is 1.76. The average molecular weight is 375 g/mol. The summed E-state index contributed by atoms with van der Waals surface area (Å²) in [6, 6.07) is 3.48. The number of sulfonamides is 1. The number of nitrogen functional groups attached to an aromatic ring is 1. The second kappa shape index (κ2) is 6.67. The van der Waals surface area contributed by atoms with Crippen molar-refractivity contribution in [1.29, 1.82) is 0 Å². The Morgan fingerprint density at radius 3 is 2.33 bits per heavy atom. The molecule has 2 N–H and O–H groups in total. The molecule has 1 aliphatic rings. The number of hydrogen-bond acceptors (Lipinski definition) is 3. The van der Waals surface area contributed by atoms with E-state index >= 15 is 0 Å². The zero-order valence-electron chi connectivity index (χ0n) is 12.6. The van der Waals surface area contributed by atoms with Crippen LogP contribution in [0, 0.1) is 6.92 Å². The van der Waals surface area contributed by atoms with E-state index in [0.717, 1.165) is 25.7 Å². The summed E-state index contributed by atoms with van der Waals surface area (Å²) in [6.07, 6.45) is 6.49. The molecule has 1 aliphatic carbocycles. The van der Waals surface area contributed by atoms with Gasteiger partial charge in [-0.05, 0) is 37.5 Å². The molecule has 1 aromatic carbocycles. The number of anilines is 1. The van der Waals surface area contributed by atoms with Crippen molar-refractivity contribution >= 4 is 31.6 Å². The molecule has 2 rings (SSSR count). The molecule has 6 heteroatoms. The molecule has 0 bridgehead atoms. The minimum absolute atomic E-state index is 0.0945. The van der Waals surface area contributed by atoms with Crippen LogP contribution in [-0.2, 0) is 10.0 Å². The van der Waals surface area contributed by atoms with Gasteiger partial charge in [0.25, 0.3) is 0 Å². The molecule has 0 atom stereocenters. The van der Waals surface area contributed by atoms with E-state index in [4.69, 9.17) is 5.73 Å². The van der Waals surface area contributed by atoms with Crippen LogP contribution in [0.1, 0.15) is 44.1 Å². The number of hydrogen-bond donors (Lipinski definition) is 1. The highest BCUT2D eigenvalue weighted by Crippen LogP contribution is 2.31. The van der Waals surface area contributed by atoms with Gasteiger partial charge in [0.15, 0.2) is 0 Å². The zero-order chi connectivity index (χ0) is 15.6. The van der Waals surface area contributed by atoms with Gasteiger partial charge in [0, 0.05) is 23.2 Å². The molecular weight excluding hydrogens is 352 g/mol. The molecule has 1 aromatic rings. The maximum Gasteiger partial charge on any atom is 0.243 e. The Kier molecular flexibility index (Phi) is 5.33. The third-order valence-electron chi connectivity index (χ3n) is 4.36. The SMILES string of the molecule is Cc1c(N)cc(Br)cc1S(=O)(=O)N(C)C1CCCCCC1. The lowest BCUT2D eigenvalue weighted by Crippen LogP contribution is -2.37. The third kappa shape index (κ3) is 3.60. The van der Waals surface area contributed by atoms with Crippen molar-refractivity contribution in [3.63, 3.8) is 0 Å². The Balaban J connectivity index is 2.37. The first-order valence-electron chi connectivity index (χ1n) is 7.37. The summed E-state index contributed by atoms with van der Waals surface area (Å²) < 4.78 is 28.1. The second-order valence-corrected chi connectivity index (χ2v) is 8.67. The smallest absolute Gasteiger partial charge is 0.243 e. The van der Waals surface area contributed by atoms with Crippen LogP contribution in [0.3, 0.4) is 0 Å². The van der Waals surface area contributed by atoms with E-state index in [2.05, 4.69) is 15.9 Å². The Hall–Kier alpha value is -0.590. The maximum atomic E-state index is 12.9. The highest BCUT2D eigenvalue weighted by molar-refractivity contribution is 9.10. The van der Waals surface area contributed by atoms with E-state index in [0.29, 0.717) is 20.6 Å². The van der Waals surface area contributed by atoms with Crippen LogP contribution in [0.5, 0.6) is 0 Å². The lowest BCUT2D eigenvalue weighted by atomic mass is 10.1. The molecule has 1 fully saturated rings. The summed E-state index contributed by atoms with van der Waals surface area (Å²) in [5.41, 5.74) is 7.03. The molecule has 0 amide bonds. The summed E-state index contributed by atoms with van der Waals surface area (Å²) in [4.78, 5) is 0.307. The first kappa shape index (κ1) is 16.8. The predicted octanol–water partition coefficient (Wildman–Crippen LogP) is 3.68. The normalized spacial score (nSPS) is 17.9. The molecule has 0 aromatic heterocycles. The zero-order valence-corrected chi connectivity index (χ0v) is 15.0. The largest absolute Gasteiger partial charge is 0.398 e. The van der Waals surface area contributed by atoms with Crippen molar-refractivity contribution in [2.75, 3.05) is 12.8 Å². The van der Waals surface area contributed by atoms with Gasteiger partial charge in [0.1, 0.15) is 0 Å². The first-order chi connectivity index (χ1) is 9.84. The molecule has 118 valence electrons. The molecule has 4 nitrogen and oxygen atoms in total. The average Bonchev–Trinajstić information content (AvgIpc) is 2.70. The molecule has 0 spiro atoms. The van der Waals surface area contributed by atoms with Crippen molar-refractivity contribution in [3.05, 3.63) is 22.2 Å². The fourth-order valence-electron chi connectivity index (χ4n) is 2.91.